The Morgan fingerprint density at radius 1 is 1.53 bits per heavy atom. The molecule has 1 aromatic rings. The number of aryl methyl sites for hydroxylation is 1. The van der Waals surface area contributed by atoms with Gasteiger partial charge in [0, 0.05) is 36.2 Å². The largest absolute Gasteiger partial charge is 0.338 e. The van der Waals surface area contributed by atoms with Crippen molar-refractivity contribution in [3.05, 3.63) is 18.2 Å². The van der Waals surface area contributed by atoms with Gasteiger partial charge in [0.25, 0.3) is 0 Å². The molecule has 1 aliphatic rings. The number of carbonyl (C=O) groups is 1. The molecule has 1 aliphatic heterocycles. The van der Waals surface area contributed by atoms with Gasteiger partial charge < -0.3 is 4.57 Å². The van der Waals surface area contributed by atoms with Crippen LogP contribution in [-0.2, 0) is 18.3 Å². The van der Waals surface area contributed by atoms with Gasteiger partial charge in [0.05, 0.1) is 11.7 Å². The van der Waals surface area contributed by atoms with Crippen molar-refractivity contribution in [1.29, 1.82) is 0 Å². The van der Waals surface area contributed by atoms with Crippen molar-refractivity contribution < 1.29 is 4.79 Å². The second-order valence-corrected chi connectivity index (χ2v) is 6.80. The molecule has 17 heavy (non-hydrogen) atoms. The van der Waals surface area contributed by atoms with Gasteiger partial charge in [-0.1, -0.05) is 6.92 Å². The van der Waals surface area contributed by atoms with Gasteiger partial charge in [-0.05, 0) is 6.42 Å². The number of thioether (sulfide) groups is 2. The molecule has 1 saturated heterocycles. The number of imidazole rings is 1. The number of rotatable bonds is 4. The van der Waals surface area contributed by atoms with E-state index in [2.05, 4.69) is 11.9 Å². The monoisotopic (exact) mass is 270 g/mol. The van der Waals surface area contributed by atoms with Crippen molar-refractivity contribution in [2.75, 3.05) is 11.5 Å². The predicted octanol–water partition coefficient (Wildman–Crippen LogP) is 2.16. The van der Waals surface area contributed by atoms with E-state index < -0.39 is 0 Å². The molecule has 2 rings (SSSR count). The van der Waals surface area contributed by atoms with Crippen molar-refractivity contribution in [1.82, 2.24) is 9.55 Å². The summed E-state index contributed by atoms with van der Waals surface area (Å²) in [6, 6.07) is 0. The second-order valence-electron chi connectivity index (χ2n) is 4.21. The van der Waals surface area contributed by atoms with Gasteiger partial charge in [-0.2, -0.15) is 11.8 Å². The number of hydrogen-bond acceptors (Lipinski definition) is 4. The average molecular weight is 270 g/mol. The summed E-state index contributed by atoms with van der Waals surface area (Å²) in [7, 11) is 1.94. The molecular weight excluding hydrogens is 252 g/mol. The summed E-state index contributed by atoms with van der Waals surface area (Å²) >= 11 is 3.77. The number of hydrogen-bond donors (Lipinski definition) is 0. The van der Waals surface area contributed by atoms with Crippen LogP contribution in [0.2, 0.25) is 0 Å². The van der Waals surface area contributed by atoms with Crippen LogP contribution in [0, 0.1) is 0 Å². The molecular formula is C12H18N2OS2. The predicted molar refractivity (Wildman–Crippen MR) is 74.7 cm³/mol. The Hall–Kier alpha value is -0.420. The zero-order chi connectivity index (χ0) is 12.3. The van der Waals surface area contributed by atoms with E-state index in [9.17, 15) is 4.79 Å². The SMILES string of the molecule is CCC1SCCSC1C(=O)Cc1nccn1C. The molecule has 0 radical (unpaired) electrons. The minimum atomic E-state index is 0.162. The van der Waals surface area contributed by atoms with Crippen LogP contribution < -0.4 is 0 Å². The van der Waals surface area contributed by atoms with Crippen LogP contribution >= 0.6 is 23.5 Å². The highest BCUT2D eigenvalue weighted by Crippen LogP contribution is 2.34. The van der Waals surface area contributed by atoms with Crippen LogP contribution in [0.3, 0.4) is 0 Å². The van der Waals surface area contributed by atoms with Crippen LogP contribution in [0.5, 0.6) is 0 Å². The molecule has 0 aromatic carbocycles. The summed E-state index contributed by atoms with van der Waals surface area (Å²) in [5.41, 5.74) is 0. The van der Waals surface area contributed by atoms with E-state index in [1.807, 2.05) is 41.3 Å². The van der Waals surface area contributed by atoms with Crippen molar-refractivity contribution in [3.8, 4) is 0 Å². The van der Waals surface area contributed by atoms with Gasteiger partial charge in [0.2, 0.25) is 0 Å². The van der Waals surface area contributed by atoms with Gasteiger partial charge in [0.15, 0.2) is 5.78 Å². The van der Waals surface area contributed by atoms with E-state index in [4.69, 9.17) is 0 Å². The Morgan fingerprint density at radius 2 is 2.29 bits per heavy atom. The lowest BCUT2D eigenvalue weighted by atomic mass is 10.1. The van der Waals surface area contributed by atoms with E-state index in [0.29, 0.717) is 17.5 Å². The molecule has 3 nitrogen and oxygen atoms in total. The van der Waals surface area contributed by atoms with Crippen molar-refractivity contribution >= 4 is 29.3 Å². The topological polar surface area (TPSA) is 34.9 Å². The van der Waals surface area contributed by atoms with Crippen LogP contribution in [0.4, 0.5) is 0 Å². The first-order chi connectivity index (χ1) is 8.22. The Bertz CT molecular complexity index is 392. The first-order valence-corrected chi connectivity index (χ1v) is 8.04. The lowest BCUT2D eigenvalue weighted by Crippen LogP contribution is -2.34. The smallest absolute Gasteiger partial charge is 0.154 e. The van der Waals surface area contributed by atoms with E-state index in [1.54, 1.807) is 6.20 Å². The molecule has 5 heteroatoms. The van der Waals surface area contributed by atoms with Crippen LogP contribution in [0.25, 0.3) is 0 Å². The minimum Gasteiger partial charge on any atom is -0.338 e. The van der Waals surface area contributed by atoms with Crippen LogP contribution in [-0.4, -0.2) is 37.3 Å². The number of nitrogens with zero attached hydrogens (tertiary/aromatic N) is 2. The first kappa shape index (κ1) is 13.0. The van der Waals surface area contributed by atoms with Gasteiger partial charge >= 0.3 is 0 Å². The maximum absolute atomic E-state index is 12.3. The summed E-state index contributed by atoms with van der Waals surface area (Å²) in [5, 5.41) is 0.650. The number of aromatic nitrogens is 2. The molecule has 0 amide bonds. The van der Waals surface area contributed by atoms with Gasteiger partial charge in [-0.25, -0.2) is 4.98 Å². The van der Waals surface area contributed by atoms with E-state index in [0.717, 1.165) is 18.0 Å². The normalized spacial score (nSPS) is 24.8. The lowest BCUT2D eigenvalue weighted by Gasteiger charge is -2.28. The first-order valence-electron chi connectivity index (χ1n) is 5.94. The van der Waals surface area contributed by atoms with E-state index in [1.165, 1.54) is 5.75 Å². The van der Waals surface area contributed by atoms with Crippen LogP contribution in [0.15, 0.2) is 12.4 Å². The van der Waals surface area contributed by atoms with Gasteiger partial charge in [-0.3, -0.25) is 4.79 Å². The molecule has 0 saturated carbocycles. The fourth-order valence-corrected chi connectivity index (χ4v) is 5.06. The molecule has 0 aliphatic carbocycles. The molecule has 0 bridgehead atoms. The minimum absolute atomic E-state index is 0.162. The third kappa shape index (κ3) is 3.07. The van der Waals surface area contributed by atoms with Crippen molar-refractivity contribution in [2.45, 2.75) is 30.3 Å². The highest BCUT2D eigenvalue weighted by atomic mass is 32.2. The van der Waals surface area contributed by atoms with Crippen molar-refractivity contribution in [2.24, 2.45) is 7.05 Å². The highest BCUT2D eigenvalue weighted by molar-refractivity contribution is 8.07. The third-order valence-corrected chi connectivity index (χ3v) is 6.32. The second kappa shape index (κ2) is 5.96. The zero-order valence-electron chi connectivity index (χ0n) is 10.3. The molecule has 94 valence electrons. The van der Waals surface area contributed by atoms with E-state index in [-0.39, 0.29) is 5.25 Å². The molecule has 1 fully saturated rings. The fraction of sp³-hybridized carbons (Fsp3) is 0.667. The number of Topliss-reactive ketones (excluding diaryl/α,β-unsaturated/α-hetero) is 1. The maximum Gasteiger partial charge on any atom is 0.154 e. The summed E-state index contributed by atoms with van der Waals surface area (Å²) < 4.78 is 1.93. The molecule has 0 spiro atoms. The third-order valence-electron chi connectivity index (χ3n) is 3.02. The van der Waals surface area contributed by atoms with E-state index >= 15 is 0 Å². The number of carbonyl (C=O) groups excluding carboxylic acids is 1. The van der Waals surface area contributed by atoms with Gasteiger partial charge in [0.1, 0.15) is 5.82 Å². The Labute approximate surface area is 111 Å². The van der Waals surface area contributed by atoms with Gasteiger partial charge in [-0.15, -0.1) is 11.8 Å². The summed E-state index contributed by atoms with van der Waals surface area (Å²) in [6.07, 6.45) is 5.19. The van der Waals surface area contributed by atoms with Crippen LogP contribution in [0.1, 0.15) is 19.2 Å². The standard InChI is InChI=1S/C12H18N2OS2/c1-3-10-12(17-7-6-16-10)9(15)8-11-13-4-5-14(11)2/h4-5,10,12H,3,6-8H2,1-2H3. The maximum atomic E-state index is 12.3. The number of ketones is 1. The zero-order valence-corrected chi connectivity index (χ0v) is 11.9. The molecule has 2 atom stereocenters. The highest BCUT2D eigenvalue weighted by Gasteiger charge is 2.31. The Morgan fingerprint density at radius 3 is 2.94 bits per heavy atom. The molecule has 2 unspecified atom stereocenters. The summed E-state index contributed by atoms with van der Waals surface area (Å²) in [6.45, 7) is 2.17. The Balaban J connectivity index is 2.01. The average Bonchev–Trinajstić information content (AvgIpc) is 2.75. The molecule has 1 aromatic heterocycles. The summed E-state index contributed by atoms with van der Waals surface area (Å²) in [5.74, 6) is 3.48. The lowest BCUT2D eigenvalue weighted by molar-refractivity contribution is -0.118. The summed E-state index contributed by atoms with van der Waals surface area (Å²) in [4.78, 5) is 16.5. The fourth-order valence-electron chi connectivity index (χ4n) is 2.02. The Kier molecular flexibility index (Phi) is 4.56. The molecule has 0 N–H and O–H groups in total. The quantitative estimate of drug-likeness (QED) is 0.840. The molecule has 2 heterocycles. The van der Waals surface area contributed by atoms with Crippen molar-refractivity contribution in [3.63, 3.8) is 0 Å².